The molecule has 0 saturated carbocycles. The molecule has 3 heterocycles. The van der Waals surface area contributed by atoms with E-state index in [1.165, 1.54) is 5.56 Å². The molecule has 0 bridgehead atoms. The summed E-state index contributed by atoms with van der Waals surface area (Å²) in [5, 5.41) is 2.55. The lowest BCUT2D eigenvalue weighted by Crippen LogP contribution is -2.18. The van der Waals surface area contributed by atoms with E-state index in [1.807, 2.05) is 84.9 Å². The quantitative estimate of drug-likeness (QED) is 0.201. The summed E-state index contributed by atoms with van der Waals surface area (Å²) < 4.78 is 12.6. The molecule has 45 heavy (non-hydrogen) atoms. The number of nitrogens with zero attached hydrogens (tertiary/aromatic N) is 3. The molecule has 2 aliphatic rings. The average Bonchev–Trinajstić information content (AvgIpc) is 3.67. The first-order valence-corrected chi connectivity index (χ1v) is 15.3. The van der Waals surface area contributed by atoms with Crippen molar-refractivity contribution in [3.8, 4) is 39.7 Å². The maximum absolute atomic E-state index is 6.54. The molecule has 1 aliphatic heterocycles. The monoisotopic (exact) mass is 601 g/mol. The number of para-hydroxylation sites is 2. The molecule has 214 valence electrons. The highest BCUT2D eigenvalue weighted by atomic mass is 35.5. The van der Waals surface area contributed by atoms with Gasteiger partial charge in [-0.2, -0.15) is 0 Å². The number of allylic oxidation sites excluding steroid dienone is 2. The molecule has 0 spiro atoms. The van der Waals surface area contributed by atoms with Gasteiger partial charge in [-0.05, 0) is 35.4 Å². The number of hydrogen-bond donors (Lipinski definition) is 0. The summed E-state index contributed by atoms with van der Waals surface area (Å²) in [7, 11) is 0. The Balaban J connectivity index is 1.23. The van der Waals surface area contributed by atoms with Gasteiger partial charge in [0.2, 0.25) is 0 Å². The molecule has 0 radical (unpaired) electrons. The van der Waals surface area contributed by atoms with Crippen LogP contribution in [0.25, 0.3) is 61.4 Å². The fraction of sp³-hybridized carbons (Fsp3) is 0.0513. The van der Waals surface area contributed by atoms with Crippen LogP contribution in [0, 0.1) is 0 Å². The van der Waals surface area contributed by atoms with Crippen molar-refractivity contribution in [2.24, 2.45) is 0 Å². The number of halogens is 1. The topological polar surface area (TPSA) is 61.0 Å². The van der Waals surface area contributed by atoms with Crippen LogP contribution in [-0.2, 0) is 0 Å². The van der Waals surface area contributed by atoms with Gasteiger partial charge in [0, 0.05) is 39.0 Å². The Bertz CT molecular complexity index is 2340. The van der Waals surface area contributed by atoms with Crippen LogP contribution in [-0.4, -0.2) is 21.1 Å². The van der Waals surface area contributed by atoms with Gasteiger partial charge in [0.15, 0.2) is 23.1 Å². The summed E-state index contributed by atoms with van der Waals surface area (Å²) in [5.41, 5.74) is 7.38. The molecule has 6 heteroatoms. The second-order valence-electron chi connectivity index (χ2n) is 11.2. The molecular weight excluding hydrogens is 578 g/mol. The molecule has 1 aliphatic carbocycles. The van der Waals surface area contributed by atoms with E-state index in [0.29, 0.717) is 28.1 Å². The summed E-state index contributed by atoms with van der Waals surface area (Å²) in [6.45, 7) is 0. The lowest BCUT2D eigenvalue weighted by atomic mass is 9.89. The predicted molar refractivity (Wildman–Crippen MR) is 179 cm³/mol. The molecule has 0 N–H and O–H groups in total. The SMILES string of the molecule is Clc1cccc2c1oc1cccc(-c3ccccc3-c3nc(C4=CC5Oc6ccccc6C5C=C4)nc(-c4ccccc4)n3)c12. The highest BCUT2D eigenvalue weighted by molar-refractivity contribution is 6.36. The summed E-state index contributed by atoms with van der Waals surface area (Å²) in [4.78, 5) is 15.1. The van der Waals surface area contributed by atoms with Crippen LogP contribution >= 0.6 is 11.6 Å². The van der Waals surface area contributed by atoms with Crippen LogP contribution in [0.15, 0.2) is 138 Å². The molecule has 2 aromatic heterocycles. The predicted octanol–water partition coefficient (Wildman–Crippen LogP) is 9.92. The molecular formula is C39H24ClN3O2. The number of rotatable bonds is 4. The summed E-state index contributed by atoms with van der Waals surface area (Å²) in [6, 6.07) is 38.4. The molecule has 2 atom stereocenters. The molecule has 0 amide bonds. The van der Waals surface area contributed by atoms with Crippen LogP contribution in [0.5, 0.6) is 5.75 Å². The van der Waals surface area contributed by atoms with Crippen LogP contribution in [0.1, 0.15) is 17.3 Å². The zero-order valence-electron chi connectivity index (χ0n) is 23.9. The van der Waals surface area contributed by atoms with E-state index in [1.54, 1.807) is 0 Å². The van der Waals surface area contributed by atoms with Gasteiger partial charge in [0.05, 0.1) is 5.02 Å². The van der Waals surface area contributed by atoms with Crippen LogP contribution in [0.2, 0.25) is 5.02 Å². The minimum atomic E-state index is -0.117. The Morgan fingerprint density at radius 1 is 0.622 bits per heavy atom. The van der Waals surface area contributed by atoms with Gasteiger partial charge in [0.25, 0.3) is 0 Å². The van der Waals surface area contributed by atoms with E-state index in [4.69, 9.17) is 35.7 Å². The van der Waals surface area contributed by atoms with Gasteiger partial charge in [-0.1, -0.05) is 121 Å². The molecule has 9 rings (SSSR count). The van der Waals surface area contributed by atoms with Crippen LogP contribution in [0.4, 0.5) is 0 Å². The fourth-order valence-electron chi connectivity index (χ4n) is 6.49. The van der Waals surface area contributed by atoms with Crippen molar-refractivity contribution in [2.75, 3.05) is 0 Å². The lowest BCUT2D eigenvalue weighted by molar-refractivity contribution is 0.269. The van der Waals surface area contributed by atoms with E-state index in [2.05, 4.69) is 48.6 Å². The van der Waals surface area contributed by atoms with Gasteiger partial charge in [-0.25, -0.2) is 15.0 Å². The van der Waals surface area contributed by atoms with E-state index in [9.17, 15) is 0 Å². The fourth-order valence-corrected chi connectivity index (χ4v) is 6.71. The Hall–Kier alpha value is -5.52. The van der Waals surface area contributed by atoms with E-state index >= 15 is 0 Å². The highest BCUT2D eigenvalue weighted by Gasteiger charge is 2.33. The Labute approximate surface area is 264 Å². The number of benzene rings is 5. The second kappa shape index (κ2) is 10.3. The highest BCUT2D eigenvalue weighted by Crippen LogP contribution is 2.44. The van der Waals surface area contributed by atoms with E-state index in [-0.39, 0.29) is 12.0 Å². The van der Waals surface area contributed by atoms with Crippen molar-refractivity contribution in [1.29, 1.82) is 0 Å². The smallest absolute Gasteiger partial charge is 0.164 e. The van der Waals surface area contributed by atoms with Crippen molar-refractivity contribution in [1.82, 2.24) is 15.0 Å². The van der Waals surface area contributed by atoms with Crippen LogP contribution in [0.3, 0.4) is 0 Å². The number of fused-ring (bicyclic) bond motifs is 6. The standard InChI is InChI=1S/C39H24ClN3O2/c40-31-17-8-16-30-35-28(15-9-19-33(35)45-36(30)31)25-12-4-5-14-29(25)39-42-37(23-10-2-1-3-11-23)41-38(43-39)24-20-21-27-26-13-6-7-18-32(26)44-34(27)22-24/h1-22,27,34H. The maximum Gasteiger partial charge on any atom is 0.164 e. The molecule has 0 saturated heterocycles. The minimum absolute atomic E-state index is 0.117. The first-order chi connectivity index (χ1) is 22.2. The van der Waals surface area contributed by atoms with Crippen molar-refractivity contribution < 1.29 is 9.15 Å². The van der Waals surface area contributed by atoms with Gasteiger partial charge < -0.3 is 9.15 Å². The van der Waals surface area contributed by atoms with E-state index < -0.39 is 0 Å². The Morgan fingerprint density at radius 3 is 2.27 bits per heavy atom. The normalized spacial score (nSPS) is 16.8. The molecule has 5 aromatic carbocycles. The Kier molecular flexibility index (Phi) is 5.93. The largest absolute Gasteiger partial charge is 0.485 e. The minimum Gasteiger partial charge on any atom is -0.485 e. The lowest BCUT2D eigenvalue weighted by Gasteiger charge is -2.19. The third-order valence-corrected chi connectivity index (χ3v) is 8.88. The zero-order valence-corrected chi connectivity index (χ0v) is 24.6. The van der Waals surface area contributed by atoms with Crippen molar-refractivity contribution in [2.45, 2.75) is 12.0 Å². The van der Waals surface area contributed by atoms with Gasteiger partial charge in [0.1, 0.15) is 17.4 Å². The summed E-state index contributed by atoms with van der Waals surface area (Å²) >= 11 is 6.54. The summed E-state index contributed by atoms with van der Waals surface area (Å²) in [5.74, 6) is 2.88. The first kappa shape index (κ1) is 25.9. The first-order valence-electron chi connectivity index (χ1n) is 14.9. The maximum atomic E-state index is 6.54. The van der Waals surface area contributed by atoms with Crippen molar-refractivity contribution in [3.63, 3.8) is 0 Å². The Morgan fingerprint density at radius 2 is 1.36 bits per heavy atom. The second-order valence-corrected chi connectivity index (χ2v) is 11.6. The number of furan rings is 1. The van der Waals surface area contributed by atoms with Crippen molar-refractivity contribution >= 4 is 39.1 Å². The third kappa shape index (κ3) is 4.27. The number of aromatic nitrogens is 3. The zero-order chi connectivity index (χ0) is 29.9. The number of hydrogen-bond acceptors (Lipinski definition) is 5. The average molecular weight is 602 g/mol. The number of ether oxygens (including phenoxy) is 1. The van der Waals surface area contributed by atoms with Gasteiger partial charge in [-0.15, -0.1) is 0 Å². The van der Waals surface area contributed by atoms with E-state index in [0.717, 1.165) is 49.9 Å². The summed E-state index contributed by atoms with van der Waals surface area (Å²) in [6.07, 6.45) is 6.32. The van der Waals surface area contributed by atoms with Gasteiger partial charge in [-0.3, -0.25) is 0 Å². The molecule has 7 aromatic rings. The molecule has 2 unspecified atom stereocenters. The van der Waals surface area contributed by atoms with Crippen LogP contribution < -0.4 is 4.74 Å². The van der Waals surface area contributed by atoms with Crippen molar-refractivity contribution in [3.05, 3.63) is 150 Å². The molecule has 0 fully saturated rings. The van der Waals surface area contributed by atoms with Gasteiger partial charge >= 0.3 is 0 Å². The molecule has 5 nitrogen and oxygen atoms in total. The third-order valence-electron chi connectivity index (χ3n) is 8.58.